The molecule has 0 bridgehead atoms. The minimum Gasteiger partial charge on any atom is -0.329 e. The zero-order valence-corrected chi connectivity index (χ0v) is 18.6. The van der Waals surface area contributed by atoms with E-state index >= 15 is 0 Å². The van der Waals surface area contributed by atoms with Gasteiger partial charge in [-0.15, -0.1) is 10.2 Å². The van der Waals surface area contributed by atoms with Crippen molar-refractivity contribution >= 4 is 51.6 Å². The molecule has 0 saturated carbocycles. The molecular weight excluding hydrogens is 446 g/mol. The van der Waals surface area contributed by atoms with Crippen LogP contribution < -0.4 is 10.6 Å². The highest BCUT2D eigenvalue weighted by Crippen LogP contribution is 2.35. The number of benzene rings is 2. The first kappa shape index (κ1) is 20.3. The van der Waals surface area contributed by atoms with E-state index in [9.17, 15) is 4.79 Å². The Morgan fingerprint density at radius 2 is 2.16 bits per heavy atom. The summed E-state index contributed by atoms with van der Waals surface area (Å²) in [4.78, 5) is 16.6. The zero-order chi connectivity index (χ0) is 22.1. The van der Waals surface area contributed by atoms with Crippen LogP contribution in [0.4, 0.5) is 16.5 Å². The Kier molecular flexibility index (Phi) is 5.42. The number of nitrogens with zero attached hydrogens (tertiary/aromatic N) is 5. The number of amides is 1. The van der Waals surface area contributed by atoms with Gasteiger partial charge in [0.1, 0.15) is 11.6 Å². The molecule has 3 heterocycles. The second-order valence-electron chi connectivity index (χ2n) is 7.35. The Bertz CT molecular complexity index is 1340. The van der Waals surface area contributed by atoms with Gasteiger partial charge in [-0.3, -0.25) is 14.5 Å². The number of rotatable bonds is 6. The standard InChI is InChI=1S/C22H18ClN7OS/c1-13-8-25-30(11-13)12-19(31)26-16-4-2-3-14(7-16)21-28-29-22(32-21)27-18-6-5-15-9-24-10-17(15)20(18)23/h2-8,10-11H,9,12H2,1H3,(H,26,31)(H,27,29). The van der Waals surface area contributed by atoms with Crippen LogP contribution >= 0.6 is 22.9 Å². The van der Waals surface area contributed by atoms with E-state index in [4.69, 9.17) is 11.6 Å². The SMILES string of the molecule is Cc1cnn(CC(=O)Nc2cccc(-c3nnc(Nc4ccc5c(c4Cl)C=NC5)s3)c2)c1. The smallest absolute Gasteiger partial charge is 0.246 e. The summed E-state index contributed by atoms with van der Waals surface area (Å²) in [6, 6.07) is 11.4. The highest BCUT2D eigenvalue weighted by atomic mass is 35.5. The van der Waals surface area contributed by atoms with E-state index in [0.29, 0.717) is 22.4 Å². The molecule has 5 rings (SSSR count). The van der Waals surface area contributed by atoms with Crippen molar-refractivity contribution < 1.29 is 4.79 Å². The number of nitrogens with one attached hydrogen (secondary N) is 2. The van der Waals surface area contributed by atoms with E-state index < -0.39 is 0 Å². The van der Waals surface area contributed by atoms with Gasteiger partial charge >= 0.3 is 0 Å². The van der Waals surface area contributed by atoms with Crippen LogP contribution in [0.15, 0.2) is 53.8 Å². The van der Waals surface area contributed by atoms with Gasteiger partial charge in [0, 0.05) is 29.2 Å². The number of halogens is 1. The van der Waals surface area contributed by atoms with Crippen molar-refractivity contribution in [1.82, 2.24) is 20.0 Å². The summed E-state index contributed by atoms with van der Waals surface area (Å²) in [5.74, 6) is -0.153. The number of aliphatic imine (C=N–C) groups is 1. The minimum atomic E-state index is -0.153. The summed E-state index contributed by atoms with van der Waals surface area (Å²) in [6.07, 6.45) is 5.34. The maximum absolute atomic E-state index is 12.3. The lowest BCUT2D eigenvalue weighted by molar-refractivity contribution is -0.116. The first-order valence-electron chi connectivity index (χ1n) is 9.86. The summed E-state index contributed by atoms with van der Waals surface area (Å²) in [5.41, 5.74) is 5.36. The Balaban J connectivity index is 1.29. The largest absolute Gasteiger partial charge is 0.329 e. The predicted octanol–water partition coefficient (Wildman–Crippen LogP) is 4.68. The van der Waals surface area contributed by atoms with E-state index in [-0.39, 0.29) is 12.5 Å². The number of aromatic nitrogens is 4. The maximum Gasteiger partial charge on any atom is 0.246 e. The molecule has 4 aromatic rings. The molecule has 0 fully saturated rings. The molecule has 0 saturated heterocycles. The normalized spacial score (nSPS) is 12.1. The van der Waals surface area contributed by atoms with Crippen LogP contribution in [-0.4, -0.2) is 32.1 Å². The fraction of sp³-hybridized carbons (Fsp3) is 0.136. The monoisotopic (exact) mass is 463 g/mol. The fourth-order valence-electron chi connectivity index (χ4n) is 3.38. The number of anilines is 3. The zero-order valence-electron chi connectivity index (χ0n) is 17.0. The number of aryl methyl sites for hydroxylation is 1. The van der Waals surface area contributed by atoms with Crippen LogP contribution in [0.25, 0.3) is 10.6 Å². The third kappa shape index (κ3) is 4.25. The van der Waals surface area contributed by atoms with Crippen molar-refractivity contribution in [2.45, 2.75) is 20.0 Å². The van der Waals surface area contributed by atoms with E-state index in [1.54, 1.807) is 17.1 Å². The van der Waals surface area contributed by atoms with Gasteiger partial charge in [-0.25, -0.2) is 0 Å². The Morgan fingerprint density at radius 1 is 1.25 bits per heavy atom. The van der Waals surface area contributed by atoms with Crippen molar-refractivity contribution in [3.05, 3.63) is 70.5 Å². The van der Waals surface area contributed by atoms with Gasteiger partial charge < -0.3 is 10.6 Å². The lowest BCUT2D eigenvalue weighted by Gasteiger charge is -2.08. The van der Waals surface area contributed by atoms with Crippen molar-refractivity contribution in [3.8, 4) is 10.6 Å². The molecule has 8 nitrogen and oxygen atoms in total. The van der Waals surface area contributed by atoms with Crippen LogP contribution in [0, 0.1) is 6.92 Å². The number of fused-ring (bicyclic) bond motifs is 1. The average Bonchev–Trinajstić information content (AvgIpc) is 3.52. The number of carbonyl (C=O) groups is 1. The molecule has 160 valence electrons. The number of carbonyl (C=O) groups excluding carboxylic acids is 1. The first-order chi connectivity index (χ1) is 15.5. The Morgan fingerprint density at radius 3 is 3.00 bits per heavy atom. The maximum atomic E-state index is 12.3. The molecule has 1 aliphatic rings. The molecular formula is C22H18ClN7OS. The quantitative estimate of drug-likeness (QED) is 0.432. The molecule has 32 heavy (non-hydrogen) atoms. The first-order valence-corrected chi connectivity index (χ1v) is 11.1. The Hall–Kier alpha value is -3.56. The summed E-state index contributed by atoms with van der Waals surface area (Å²) < 4.78 is 1.60. The number of hydrogen-bond acceptors (Lipinski definition) is 7. The van der Waals surface area contributed by atoms with Crippen molar-refractivity contribution in [2.75, 3.05) is 10.6 Å². The summed E-state index contributed by atoms with van der Waals surface area (Å²) >= 11 is 7.92. The van der Waals surface area contributed by atoms with E-state index in [2.05, 4.69) is 30.9 Å². The van der Waals surface area contributed by atoms with Crippen molar-refractivity contribution in [2.24, 2.45) is 4.99 Å². The highest BCUT2D eigenvalue weighted by molar-refractivity contribution is 7.18. The molecule has 10 heteroatoms. The Labute approximate surface area is 193 Å². The van der Waals surface area contributed by atoms with Gasteiger partial charge in [-0.2, -0.15) is 5.10 Å². The fourth-order valence-corrected chi connectivity index (χ4v) is 4.41. The second kappa shape index (κ2) is 8.52. The topological polar surface area (TPSA) is 97.1 Å². The lowest BCUT2D eigenvalue weighted by atomic mass is 10.1. The molecule has 0 spiro atoms. The summed E-state index contributed by atoms with van der Waals surface area (Å²) in [5, 5.41) is 20.8. The van der Waals surface area contributed by atoms with Crippen LogP contribution in [0.1, 0.15) is 16.7 Å². The second-order valence-corrected chi connectivity index (χ2v) is 8.71. The molecule has 1 aliphatic heterocycles. The van der Waals surface area contributed by atoms with Crippen molar-refractivity contribution in [1.29, 1.82) is 0 Å². The van der Waals surface area contributed by atoms with Gasteiger partial charge in [0.2, 0.25) is 11.0 Å². The van der Waals surface area contributed by atoms with Gasteiger partial charge in [-0.05, 0) is 36.2 Å². The van der Waals surface area contributed by atoms with Crippen LogP contribution in [0.5, 0.6) is 0 Å². The summed E-state index contributed by atoms with van der Waals surface area (Å²) in [7, 11) is 0. The molecule has 2 aromatic heterocycles. The molecule has 2 N–H and O–H groups in total. The minimum absolute atomic E-state index is 0.150. The van der Waals surface area contributed by atoms with E-state index in [0.717, 1.165) is 32.9 Å². The predicted molar refractivity (Wildman–Crippen MR) is 127 cm³/mol. The van der Waals surface area contributed by atoms with Gasteiger partial charge in [0.15, 0.2) is 0 Å². The van der Waals surface area contributed by atoms with E-state index in [1.807, 2.05) is 49.5 Å². The lowest BCUT2D eigenvalue weighted by Crippen LogP contribution is -2.18. The highest BCUT2D eigenvalue weighted by Gasteiger charge is 2.15. The number of hydrogen-bond donors (Lipinski definition) is 2. The van der Waals surface area contributed by atoms with Crippen LogP contribution in [0.2, 0.25) is 5.02 Å². The summed E-state index contributed by atoms with van der Waals surface area (Å²) in [6.45, 7) is 2.74. The van der Waals surface area contributed by atoms with Crippen LogP contribution in [0.3, 0.4) is 0 Å². The van der Waals surface area contributed by atoms with Crippen LogP contribution in [-0.2, 0) is 17.9 Å². The van der Waals surface area contributed by atoms with Gasteiger partial charge in [0.05, 0.1) is 23.5 Å². The van der Waals surface area contributed by atoms with Crippen molar-refractivity contribution in [3.63, 3.8) is 0 Å². The molecule has 0 aliphatic carbocycles. The van der Waals surface area contributed by atoms with Gasteiger partial charge in [-0.1, -0.05) is 41.1 Å². The van der Waals surface area contributed by atoms with E-state index in [1.165, 1.54) is 11.3 Å². The average molecular weight is 464 g/mol. The third-order valence-corrected chi connectivity index (χ3v) is 6.17. The third-order valence-electron chi connectivity index (χ3n) is 4.88. The molecule has 0 radical (unpaired) electrons. The molecule has 0 atom stereocenters. The molecule has 1 amide bonds. The van der Waals surface area contributed by atoms with Gasteiger partial charge in [0.25, 0.3) is 0 Å². The molecule has 0 unspecified atom stereocenters. The molecule has 2 aromatic carbocycles.